The Bertz CT molecular complexity index is 1530. The lowest BCUT2D eigenvalue weighted by atomic mass is 10.1. The van der Waals surface area contributed by atoms with Crippen molar-refractivity contribution >= 4 is 23.3 Å². The number of hydrogen-bond donors (Lipinski definition) is 2. The van der Waals surface area contributed by atoms with Gasteiger partial charge in [-0.1, -0.05) is 42.3 Å². The molecule has 1 aliphatic rings. The second-order valence-electron chi connectivity index (χ2n) is 10.7. The lowest BCUT2D eigenvalue weighted by Crippen LogP contribution is -2.23. The number of hydrogen-bond acceptors (Lipinski definition) is 8. The number of nitriles is 1. The maximum atomic E-state index is 9.79. The van der Waals surface area contributed by atoms with Crippen LogP contribution >= 0.6 is 11.9 Å². The van der Waals surface area contributed by atoms with E-state index in [-0.39, 0.29) is 6.61 Å². The molecule has 4 aromatic rings. The van der Waals surface area contributed by atoms with Crippen molar-refractivity contribution in [2.45, 2.75) is 33.0 Å². The molecule has 0 radical (unpaired) electrons. The van der Waals surface area contributed by atoms with Gasteiger partial charge < -0.3 is 28.9 Å². The van der Waals surface area contributed by atoms with Crippen LogP contribution < -0.4 is 19.1 Å². The third kappa shape index (κ3) is 8.23. The van der Waals surface area contributed by atoms with Crippen LogP contribution in [0.25, 0.3) is 0 Å². The molecule has 1 atom stereocenters. The van der Waals surface area contributed by atoms with Crippen LogP contribution in [-0.4, -0.2) is 31.2 Å². The zero-order chi connectivity index (χ0) is 30.0. The molecule has 0 bridgehead atoms. The molecule has 0 aromatic heterocycles. The van der Waals surface area contributed by atoms with Gasteiger partial charge in [-0.3, -0.25) is 0 Å². The summed E-state index contributed by atoms with van der Waals surface area (Å²) in [6, 6.07) is 29.9. The molecule has 4 aromatic carbocycles. The monoisotopic (exact) mass is 595 g/mol. The summed E-state index contributed by atoms with van der Waals surface area (Å²) in [5, 5.41) is 19.0. The Morgan fingerprint density at radius 3 is 2.33 bits per heavy atom. The van der Waals surface area contributed by atoms with Crippen molar-refractivity contribution in [1.82, 2.24) is 0 Å². The van der Waals surface area contributed by atoms with Crippen LogP contribution in [0.15, 0.2) is 84.9 Å². The summed E-state index contributed by atoms with van der Waals surface area (Å²) in [6.45, 7) is 5.50. The molecule has 0 saturated carbocycles. The van der Waals surface area contributed by atoms with Gasteiger partial charge in [0.25, 0.3) is 0 Å². The first-order valence-electron chi connectivity index (χ1n) is 14.4. The molecule has 0 aliphatic carbocycles. The molecule has 1 fully saturated rings. The zero-order valence-corrected chi connectivity index (χ0v) is 25.4. The van der Waals surface area contributed by atoms with Crippen LogP contribution in [0.4, 0.5) is 11.4 Å². The number of nitrogens with one attached hydrogen (secondary N) is 1. The highest BCUT2D eigenvalue weighted by Gasteiger charge is 2.17. The smallest absolute Gasteiger partial charge is 0.131 e. The number of aliphatic hydroxyl groups excluding tert-OH is 1. The van der Waals surface area contributed by atoms with Gasteiger partial charge in [0.2, 0.25) is 0 Å². The van der Waals surface area contributed by atoms with Crippen LogP contribution in [0.2, 0.25) is 0 Å². The summed E-state index contributed by atoms with van der Waals surface area (Å²) >= 11 is 1.58. The zero-order valence-electron chi connectivity index (χ0n) is 24.6. The van der Waals surface area contributed by atoms with E-state index in [0.717, 1.165) is 47.7 Å². The first-order valence-corrected chi connectivity index (χ1v) is 15.6. The fraction of sp³-hybridized carbons (Fsp3) is 0.286. The van der Waals surface area contributed by atoms with E-state index in [0.29, 0.717) is 48.4 Å². The van der Waals surface area contributed by atoms with Crippen LogP contribution in [0.3, 0.4) is 0 Å². The highest BCUT2D eigenvalue weighted by atomic mass is 32.2. The summed E-state index contributed by atoms with van der Waals surface area (Å²) in [4.78, 5) is 2.35. The van der Waals surface area contributed by atoms with Gasteiger partial charge in [-0.25, -0.2) is 0 Å². The molecule has 7 nitrogen and oxygen atoms in total. The summed E-state index contributed by atoms with van der Waals surface area (Å²) in [7, 11) is 0. The van der Waals surface area contributed by atoms with Gasteiger partial charge in [-0.05, 0) is 84.1 Å². The molecular formula is C35H37N3O4S. The fourth-order valence-electron chi connectivity index (χ4n) is 5.13. The summed E-state index contributed by atoms with van der Waals surface area (Å²) in [6.07, 6.45) is 3.02. The summed E-state index contributed by atoms with van der Waals surface area (Å²) in [5.74, 6) is 2.39. The Balaban J connectivity index is 1.32. The van der Waals surface area contributed by atoms with E-state index in [4.69, 9.17) is 14.2 Å². The lowest BCUT2D eigenvalue weighted by Gasteiger charge is -2.28. The molecular weight excluding hydrogens is 558 g/mol. The van der Waals surface area contributed by atoms with E-state index in [1.54, 1.807) is 11.9 Å². The average molecular weight is 596 g/mol. The van der Waals surface area contributed by atoms with Gasteiger partial charge in [-0.2, -0.15) is 5.26 Å². The van der Waals surface area contributed by atoms with E-state index in [2.05, 4.69) is 52.9 Å². The first kappa shape index (κ1) is 30.3. The van der Waals surface area contributed by atoms with Crippen molar-refractivity contribution in [3.8, 4) is 23.3 Å². The van der Waals surface area contributed by atoms with E-state index in [1.165, 1.54) is 5.56 Å². The molecule has 5 rings (SSSR count). The third-order valence-corrected chi connectivity index (χ3v) is 7.90. The average Bonchev–Trinajstić information content (AvgIpc) is 3.56. The Morgan fingerprint density at radius 2 is 1.67 bits per heavy atom. The van der Waals surface area contributed by atoms with Crippen molar-refractivity contribution in [2.75, 3.05) is 35.7 Å². The van der Waals surface area contributed by atoms with Crippen molar-refractivity contribution in [3.63, 3.8) is 0 Å². The van der Waals surface area contributed by atoms with Crippen molar-refractivity contribution < 1.29 is 19.3 Å². The van der Waals surface area contributed by atoms with Crippen molar-refractivity contribution in [2.24, 2.45) is 5.92 Å². The third-order valence-electron chi connectivity index (χ3n) is 7.48. The minimum absolute atomic E-state index is 0.0960. The molecule has 1 unspecified atom stereocenters. The Hall–Kier alpha value is -4.16. The standard InChI is InChI=1S/C35H37N3O4S/c1-25-34(37-43-2)4-3-5-35(25)38(20-27-8-6-26(19-36)7-9-27)21-28-10-12-31(13-11-28)42-33-17-30(22-39)16-32(18-33)41-24-29-14-15-40-23-29/h3-13,16-18,29,37,39H,14-15,20-24H2,1-2H3. The maximum Gasteiger partial charge on any atom is 0.131 e. The highest BCUT2D eigenvalue weighted by Crippen LogP contribution is 2.32. The lowest BCUT2D eigenvalue weighted by molar-refractivity contribution is 0.167. The second kappa shape index (κ2) is 14.8. The molecule has 1 saturated heterocycles. The summed E-state index contributed by atoms with van der Waals surface area (Å²) in [5.41, 5.74) is 7.05. The highest BCUT2D eigenvalue weighted by molar-refractivity contribution is 7.99. The molecule has 1 heterocycles. The number of benzene rings is 4. The molecule has 8 heteroatoms. The number of aliphatic hydroxyl groups is 1. The van der Waals surface area contributed by atoms with E-state index in [9.17, 15) is 10.4 Å². The van der Waals surface area contributed by atoms with Gasteiger partial charge in [0.05, 0.1) is 31.5 Å². The number of anilines is 2. The quantitative estimate of drug-likeness (QED) is 0.154. The predicted molar refractivity (Wildman–Crippen MR) is 173 cm³/mol. The van der Waals surface area contributed by atoms with E-state index < -0.39 is 0 Å². The van der Waals surface area contributed by atoms with Gasteiger partial charge in [0, 0.05) is 49.3 Å². The molecule has 0 spiro atoms. The fourth-order valence-corrected chi connectivity index (χ4v) is 5.57. The largest absolute Gasteiger partial charge is 0.493 e. The normalized spacial score (nSPS) is 14.2. The Labute approximate surface area is 258 Å². The van der Waals surface area contributed by atoms with E-state index >= 15 is 0 Å². The van der Waals surface area contributed by atoms with E-state index in [1.807, 2.05) is 60.9 Å². The molecule has 0 amide bonds. The van der Waals surface area contributed by atoms with Crippen molar-refractivity contribution in [3.05, 3.63) is 113 Å². The van der Waals surface area contributed by atoms with Gasteiger partial charge in [0.1, 0.15) is 17.2 Å². The van der Waals surface area contributed by atoms with Gasteiger partial charge in [0.15, 0.2) is 0 Å². The Kier molecular flexibility index (Phi) is 10.5. The predicted octanol–water partition coefficient (Wildman–Crippen LogP) is 7.46. The van der Waals surface area contributed by atoms with Crippen LogP contribution in [0.5, 0.6) is 17.2 Å². The number of ether oxygens (including phenoxy) is 3. The molecule has 43 heavy (non-hydrogen) atoms. The van der Waals surface area contributed by atoms with Crippen LogP contribution in [-0.2, 0) is 24.4 Å². The molecule has 222 valence electrons. The van der Waals surface area contributed by atoms with Gasteiger partial charge >= 0.3 is 0 Å². The molecule has 2 N–H and O–H groups in total. The van der Waals surface area contributed by atoms with Crippen molar-refractivity contribution in [1.29, 1.82) is 5.26 Å². The Morgan fingerprint density at radius 1 is 0.953 bits per heavy atom. The van der Waals surface area contributed by atoms with Gasteiger partial charge in [-0.15, -0.1) is 0 Å². The van der Waals surface area contributed by atoms with Crippen LogP contribution in [0.1, 0.15) is 34.2 Å². The first-order chi connectivity index (χ1) is 21.0. The minimum Gasteiger partial charge on any atom is -0.493 e. The topological polar surface area (TPSA) is 87.0 Å². The second-order valence-corrected chi connectivity index (χ2v) is 11.3. The maximum absolute atomic E-state index is 9.79. The van der Waals surface area contributed by atoms with Crippen LogP contribution in [0, 0.1) is 24.2 Å². The molecule has 1 aliphatic heterocycles. The minimum atomic E-state index is -0.0960. The number of nitrogens with zero attached hydrogens (tertiary/aromatic N) is 2. The summed E-state index contributed by atoms with van der Waals surface area (Å²) < 4.78 is 21.0. The number of rotatable bonds is 13. The SMILES string of the molecule is CSNc1cccc(N(Cc2ccc(C#N)cc2)Cc2ccc(Oc3cc(CO)cc(OCC4CCOC4)c3)cc2)c1C.